The molecule has 0 aliphatic heterocycles. The summed E-state index contributed by atoms with van der Waals surface area (Å²) in [5, 5.41) is 3.65. The number of aryl methyl sites for hydroxylation is 1. The Kier molecular flexibility index (Phi) is 9.05. The summed E-state index contributed by atoms with van der Waals surface area (Å²) in [6.45, 7) is 4.69. The van der Waals surface area contributed by atoms with E-state index < -0.39 is 5.41 Å². The summed E-state index contributed by atoms with van der Waals surface area (Å²) in [5.41, 5.74) is 23.8. The van der Waals surface area contributed by atoms with Crippen LogP contribution in [0.3, 0.4) is 0 Å². The van der Waals surface area contributed by atoms with E-state index in [1.165, 1.54) is 94.0 Å². The van der Waals surface area contributed by atoms with Crippen molar-refractivity contribution in [1.82, 2.24) is 4.57 Å². The number of rotatable bonds is 7. The highest BCUT2D eigenvalue weighted by Crippen LogP contribution is 2.57. The highest BCUT2D eigenvalue weighted by atomic mass is 16.3. The summed E-state index contributed by atoms with van der Waals surface area (Å²) >= 11 is 0. The largest absolute Gasteiger partial charge is 0.456 e. The Hall–Kier alpha value is -8.92. The second-order valence-electron chi connectivity index (χ2n) is 20.7. The molecule has 0 spiro atoms. The third kappa shape index (κ3) is 6.06. The molecule has 3 heteroatoms. The average Bonchev–Trinajstić information content (AvgIpc) is 4.15. The molecular weight excluding hydrogens is 885 g/mol. The average molecular weight is 935 g/mol. The van der Waals surface area contributed by atoms with Crippen molar-refractivity contribution in [3.63, 3.8) is 0 Å². The molecule has 10 aromatic carbocycles. The van der Waals surface area contributed by atoms with E-state index in [0.717, 1.165) is 52.5 Å². The maximum absolute atomic E-state index is 6.55. The molecule has 3 nitrogen and oxygen atoms in total. The zero-order chi connectivity index (χ0) is 48.4. The molecule has 3 aliphatic rings. The number of aromatic nitrogens is 1. The maximum atomic E-state index is 6.55. The van der Waals surface area contributed by atoms with Crippen molar-refractivity contribution < 1.29 is 4.42 Å². The number of anilines is 3. The molecule has 0 saturated carbocycles. The van der Waals surface area contributed by atoms with Crippen molar-refractivity contribution in [2.75, 3.05) is 4.90 Å². The number of para-hydroxylation sites is 1. The minimum absolute atomic E-state index is 0.0800. The van der Waals surface area contributed by atoms with Crippen molar-refractivity contribution in [3.05, 3.63) is 281 Å². The molecule has 15 rings (SSSR count). The number of allylic oxidation sites excluding steroid dienone is 1. The van der Waals surface area contributed by atoms with Crippen LogP contribution in [0.4, 0.5) is 17.1 Å². The molecule has 0 atom stereocenters. The van der Waals surface area contributed by atoms with Gasteiger partial charge in [-0.05, 0) is 158 Å². The van der Waals surface area contributed by atoms with Crippen molar-refractivity contribution in [1.29, 1.82) is 0 Å². The smallest absolute Gasteiger partial charge is 0.137 e. The van der Waals surface area contributed by atoms with Gasteiger partial charge in [0.15, 0.2) is 0 Å². The van der Waals surface area contributed by atoms with Crippen molar-refractivity contribution in [2.45, 2.75) is 37.5 Å². The fourth-order valence-electron chi connectivity index (χ4n) is 13.2. The van der Waals surface area contributed by atoms with Crippen LogP contribution in [0.25, 0.3) is 77.9 Å². The van der Waals surface area contributed by atoms with Gasteiger partial charge in [-0.1, -0.05) is 172 Å². The molecule has 0 saturated heterocycles. The Morgan fingerprint density at radius 1 is 0.438 bits per heavy atom. The first-order valence-corrected chi connectivity index (χ1v) is 25.7. The molecule has 0 fully saturated rings. The fourth-order valence-corrected chi connectivity index (χ4v) is 13.2. The van der Waals surface area contributed by atoms with Crippen LogP contribution in [0.15, 0.2) is 241 Å². The fraction of sp³-hybridized carbons (Fsp3) is 0.0857. The van der Waals surface area contributed by atoms with Gasteiger partial charge in [-0.3, -0.25) is 0 Å². The minimum Gasteiger partial charge on any atom is -0.456 e. The number of fused-ring (bicyclic) bond motifs is 12. The number of nitrogens with zero attached hydrogens (tertiary/aromatic N) is 2. The lowest BCUT2D eigenvalue weighted by Gasteiger charge is -2.34. The van der Waals surface area contributed by atoms with Crippen molar-refractivity contribution in [3.8, 4) is 39.1 Å². The molecule has 12 aromatic rings. The molecule has 0 unspecified atom stereocenters. The molecule has 0 N–H and O–H groups in total. The summed E-state index contributed by atoms with van der Waals surface area (Å²) < 4.78 is 8.99. The van der Waals surface area contributed by atoms with Crippen molar-refractivity contribution in [2.24, 2.45) is 0 Å². The van der Waals surface area contributed by atoms with Gasteiger partial charge >= 0.3 is 0 Å². The highest BCUT2D eigenvalue weighted by molar-refractivity contribution is 6.11. The van der Waals surface area contributed by atoms with Crippen LogP contribution in [-0.2, 0) is 17.3 Å². The van der Waals surface area contributed by atoms with Gasteiger partial charge in [0.05, 0.1) is 16.4 Å². The molecule has 0 bridgehead atoms. The van der Waals surface area contributed by atoms with Crippen molar-refractivity contribution >= 4 is 55.9 Å². The highest BCUT2D eigenvalue weighted by Gasteiger charge is 2.46. The van der Waals surface area contributed by atoms with E-state index in [2.05, 4.69) is 266 Å². The van der Waals surface area contributed by atoms with Crippen LogP contribution in [0.1, 0.15) is 65.0 Å². The maximum Gasteiger partial charge on any atom is 0.137 e. The Labute approximate surface area is 425 Å². The summed E-state index contributed by atoms with van der Waals surface area (Å²) in [6, 6.07) is 86.1. The normalized spacial score (nSPS) is 14.5. The van der Waals surface area contributed by atoms with Crippen LogP contribution in [0, 0.1) is 0 Å². The zero-order valence-corrected chi connectivity index (χ0v) is 40.8. The van der Waals surface area contributed by atoms with Gasteiger partial charge in [-0.2, -0.15) is 0 Å². The van der Waals surface area contributed by atoms with E-state index >= 15 is 0 Å². The number of hydrogen-bond acceptors (Lipinski definition) is 2. The van der Waals surface area contributed by atoms with Crippen LogP contribution in [-0.4, -0.2) is 4.57 Å². The molecule has 2 heterocycles. The summed E-state index contributed by atoms with van der Waals surface area (Å²) in [6.07, 6.45) is 6.40. The third-order valence-corrected chi connectivity index (χ3v) is 16.6. The van der Waals surface area contributed by atoms with Crippen LogP contribution in [0.2, 0.25) is 0 Å². The Balaban J connectivity index is 0.894. The first-order valence-electron chi connectivity index (χ1n) is 25.7. The topological polar surface area (TPSA) is 21.3 Å². The van der Waals surface area contributed by atoms with E-state index in [9.17, 15) is 0 Å². The van der Waals surface area contributed by atoms with Crippen LogP contribution < -0.4 is 4.90 Å². The van der Waals surface area contributed by atoms with Gasteiger partial charge in [-0.25, -0.2) is 0 Å². The third-order valence-electron chi connectivity index (χ3n) is 16.6. The van der Waals surface area contributed by atoms with Gasteiger partial charge in [0.2, 0.25) is 0 Å². The molecule has 0 amide bonds. The number of benzene rings is 10. The van der Waals surface area contributed by atoms with Gasteiger partial charge in [0, 0.05) is 56.0 Å². The van der Waals surface area contributed by atoms with Crippen LogP contribution >= 0.6 is 0 Å². The Morgan fingerprint density at radius 3 is 1.75 bits per heavy atom. The molecule has 2 aromatic heterocycles. The van der Waals surface area contributed by atoms with E-state index in [1.807, 2.05) is 0 Å². The molecule has 0 radical (unpaired) electrons. The lowest BCUT2D eigenvalue weighted by Crippen LogP contribution is -2.28. The second-order valence-corrected chi connectivity index (χ2v) is 20.7. The molecule has 73 heavy (non-hydrogen) atoms. The van der Waals surface area contributed by atoms with E-state index in [1.54, 1.807) is 0 Å². The van der Waals surface area contributed by atoms with Gasteiger partial charge < -0.3 is 13.9 Å². The Morgan fingerprint density at radius 2 is 1.01 bits per heavy atom. The van der Waals surface area contributed by atoms with E-state index in [0.29, 0.717) is 0 Å². The first-order chi connectivity index (χ1) is 35.9. The monoisotopic (exact) mass is 934 g/mol. The zero-order valence-electron chi connectivity index (χ0n) is 40.8. The molecular formula is C70H50N2O. The Bertz CT molecular complexity index is 4180. The standard InChI is InChI=1S/C70H50N2O/c1-69(2)61-25-13-9-23-55(61)58-43-51(36-38-62(58)69)71(52-35-37-57-56-24-12-16-28-67(56)73-68(57)44-52)50-33-29-45(30-34-50)46-31-39-65-59(41-46)60-42-48(32-40-66(60)72(65)49-19-7-4-8-20-49)70(47-17-5-3-6-18-47)63-26-14-10-21-53(63)54-22-11-15-27-64(54)70/h3-11,13-23,25-44H,12,24H2,1-2H3. The molecule has 3 aliphatic carbocycles. The predicted molar refractivity (Wildman–Crippen MR) is 303 cm³/mol. The first kappa shape index (κ1) is 41.8. The predicted octanol–water partition coefficient (Wildman–Crippen LogP) is 18.3. The SMILES string of the molecule is CC1(C)c2ccccc2-c2cc(N(c3ccc(-c4ccc5c(c4)c4cc(C6(c7ccccc7)c7ccccc7-c7ccccc76)ccc4n5-c4ccccc4)cc3)c3ccc4c5c(oc4c3)C=CCC5)ccc21. The van der Waals surface area contributed by atoms with E-state index in [4.69, 9.17) is 4.42 Å². The van der Waals surface area contributed by atoms with E-state index in [-0.39, 0.29) is 5.41 Å². The lowest BCUT2D eigenvalue weighted by atomic mass is 9.67. The molecule has 346 valence electrons. The lowest BCUT2D eigenvalue weighted by molar-refractivity contribution is 0.595. The van der Waals surface area contributed by atoms with Gasteiger partial charge in [0.25, 0.3) is 0 Å². The van der Waals surface area contributed by atoms with Gasteiger partial charge in [0.1, 0.15) is 11.3 Å². The second kappa shape index (κ2) is 15.8. The van der Waals surface area contributed by atoms with Crippen LogP contribution in [0.5, 0.6) is 0 Å². The summed E-state index contributed by atoms with van der Waals surface area (Å²) in [4.78, 5) is 2.40. The number of furan rings is 1. The van der Waals surface area contributed by atoms with Gasteiger partial charge in [-0.15, -0.1) is 0 Å². The number of hydrogen-bond donors (Lipinski definition) is 0. The summed E-state index contributed by atoms with van der Waals surface area (Å²) in [7, 11) is 0. The quantitative estimate of drug-likeness (QED) is 0.159. The summed E-state index contributed by atoms with van der Waals surface area (Å²) in [5.74, 6) is 0.982. The minimum atomic E-state index is -0.501.